The topological polar surface area (TPSA) is 58.4 Å². The summed E-state index contributed by atoms with van der Waals surface area (Å²) in [5, 5.41) is 0. The molecule has 0 radical (unpaired) electrons. The van der Waals surface area contributed by atoms with E-state index < -0.39 is 0 Å². The van der Waals surface area contributed by atoms with Crippen LogP contribution in [-0.4, -0.2) is 57.3 Å². The number of hydrogen-bond acceptors (Lipinski definition) is 3. The van der Waals surface area contributed by atoms with Gasteiger partial charge >= 0.3 is 0 Å². The van der Waals surface area contributed by atoms with Gasteiger partial charge in [0.05, 0.1) is 17.4 Å². The van der Waals surface area contributed by atoms with E-state index in [1.54, 1.807) is 6.33 Å². The number of piperazine rings is 1. The van der Waals surface area contributed by atoms with E-state index in [2.05, 4.69) is 17.1 Å². The molecule has 29 heavy (non-hydrogen) atoms. The number of aromatic nitrogens is 2. The van der Waals surface area contributed by atoms with Crippen LogP contribution in [0.15, 0.2) is 60.9 Å². The van der Waals surface area contributed by atoms with E-state index in [1.807, 2.05) is 56.8 Å². The van der Waals surface area contributed by atoms with Crippen LogP contribution < -0.4 is 0 Å². The molecule has 1 aromatic heterocycles. The second-order valence-corrected chi connectivity index (χ2v) is 7.93. The molecule has 1 saturated carbocycles. The van der Waals surface area contributed by atoms with E-state index in [0.29, 0.717) is 32.1 Å². The molecule has 1 aliphatic carbocycles. The Morgan fingerprint density at radius 2 is 1.59 bits per heavy atom. The van der Waals surface area contributed by atoms with Crippen molar-refractivity contribution in [2.24, 2.45) is 5.92 Å². The Morgan fingerprint density at radius 1 is 0.897 bits per heavy atom. The number of rotatable bonds is 4. The van der Waals surface area contributed by atoms with Crippen molar-refractivity contribution in [2.75, 3.05) is 26.2 Å². The Kier molecular flexibility index (Phi) is 4.54. The maximum absolute atomic E-state index is 12.8. The SMILES string of the molecule is O=C(Cn1cnc2ccccc21)N1CCN(C(=O)[C@H]2C[C@H]2c2ccccc2)CC1. The highest BCUT2D eigenvalue weighted by atomic mass is 16.2. The third-order valence-electron chi connectivity index (χ3n) is 6.11. The zero-order valence-electron chi connectivity index (χ0n) is 16.3. The van der Waals surface area contributed by atoms with E-state index in [4.69, 9.17) is 0 Å². The van der Waals surface area contributed by atoms with E-state index in [0.717, 1.165) is 17.5 Å². The summed E-state index contributed by atoms with van der Waals surface area (Å²) in [7, 11) is 0. The van der Waals surface area contributed by atoms with Crippen LogP contribution in [0, 0.1) is 5.92 Å². The lowest BCUT2D eigenvalue weighted by atomic mass is 10.1. The number of hydrogen-bond donors (Lipinski definition) is 0. The van der Waals surface area contributed by atoms with Crippen LogP contribution in [0.5, 0.6) is 0 Å². The van der Waals surface area contributed by atoms with Gasteiger partial charge < -0.3 is 14.4 Å². The lowest BCUT2D eigenvalue weighted by Crippen LogP contribution is -2.51. The predicted octanol–water partition coefficient (Wildman–Crippen LogP) is 2.51. The van der Waals surface area contributed by atoms with Crippen LogP contribution in [0.3, 0.4) is 0 Å². The van der Waals surface area contributed by atoms with E-state index in [1.165, 1.54) is 5.56 Å². The van der Waals surface area contributed by atoms with Crippen molar-refractivity contribution in [3.05, 3.63) is 66.5 Å². The largest absolute Gasteiger partial charge is 0.339 e. The van der Waals surface area contributed by atoms with Crippen LogP contribution in [0.2, 0.25) is 0 Å². The first-order chi connectivity index (χ1) is 14.2. The first kappa shape index (κ1) is 17.9. The van der Waals surface area contributed by atoms with E-state index in [9.17, 15) is 9.59 Å². The van der Waals surface area contributed by atoms with Gasteiger partial charge in [-0.1, -0.05) is 42.5 Å². The molecule has 0 bridgehead atoms. The average molecular weight is 388 g/mol. The van der Waals surface area contributed by atoms with Gasteiger partial charge in [0.1, 0.15) is 6.54 Å². The third-order valence-corrected chi connectivity index (χ3v) is 6.11. The molecule has 5 rings (SSSR count). The second-order valence-electron chi connectivity index (χ2n) is 7.93. The van der Waals surface area contributed by atoms with Gasteiger partial charge in [-0.3, -0.25) is 9.59 Å². The van der Waals surface area contributed by atoms with Crippen molar-refractivity contribution in [1.82, 2.24) is 19.4 Å². The quantitative estimate of drug-likeness (QED) is 0.690. The summed E-state index contributed by atoms with van der Waals surface area (Å²) in [6.45, 7) is 2.72. The monoisotopic (exact) mass is 388 g/mol. The number of imidazole rings is 1. The summed E-state index contributed by atoms with van der Waals surface area (Å²) in [4.78, 5) is 33.7. The smallest absolute Gasteiger partial charge is 0.242 e. The van der Waals surface area contributed by atoms with Crippen LogP contribution in [0.4, 0.5) is 0 Å². The normalized spacial score (nSPS) is 21.4. The molecule has 6 heteroatoms. The van der Waals surface area contributed by atoms with Crippen molar-refractivity contribution in [3.63, 3.8) is 0 Å². The van der Waals surface area contributed by atoms with E-state index in [-0.39, 0.29) is 24.3 Å². The molecular formula is C23H24N4O2. The van der Waals surface area contributed by atoms with Gasteiger partial charge in [-0.25, -0.2) is 4.98 Å². The summed E-state index contributed by atoms with van der Waals surface area (Å²) in [5.74, 6) is 0.787. The van der Waals surface area contributed by atoms with Crippen LogP contribution >= 0.6 is 0 Å². The van der Waals surface area contributed by atoms with Gasteiger partial charge in [-0.15, -0.1) is 0 Å². The Labute approximate surface area is 169 Å². The third kappa shape index (κ3) is 3.50. The fourth-order valence-corrected chi connectivity index (χ4v) is 4.33. The molecule has 1 saturated heterocycles. The summed E-state index contributed by atoms with van der Waals surface area (Å²) in [6, 6.07) is 18.1. The molecule has 0 unspecified atom stereocenters. The summed E-state index contributed by atoms with van der Waals surface area (Å²) in [5.41, 5.74) is 3.12. The van der Waals surface area contributed by atoms with Gasteiger partial charge in [0.15, 0.2) is 0 Å². The number of carbonyl (C=O) groups excluding carboxylic acids is 2. The van der Waals surface area contributed by atoms with Crippen molar-refractivity contribution >= 4 is 22.8 Å². The fraction of sp³-hybridized carbons (Fsp3) is 0.348. The molecule has 0 spiro atoms. The minimum absolute atomic E-state index is 0.0776. The molecule has 148 valence electrons. The molecule has 0 N–H and O–H groups in total. The molecular weight excluding hydrogens is 364 g/mol. The minimum Gasteiger partial charge on any atom is -0.339 e. The highest BCUT2D eigenvalue weighted by molar-refractivity contribution is 5.84. The Hall–Kier alpha value is -3.15. The van der Waals surface area contributed by atoms with Crippen LogP contribution in [-0.2, 0) is 16.1 Å². The lowest BCUT2D eigenvalue weighted by molar-refractivity contribution is -0.140. The van der Waals surface area contributed by atoms with E-state index >= 15 is 0 Å². The zero-order valence-corrected chi connectivity index (χ0v) is 16.3. The minimum atomic E-state index is 0.0776. The first-order valence-corrected chi connectivity index (χ1v) is 10.2. The zero-order chi connectivity index (χ0) is 19.8. The molecule has 2 aliphatic rings. The Morgan fingerprint density at radius 3 is 2.38 bits per heavy atom. The highest BCUT2D eigenvalue weighted by Gasteiger charge is 2.46. The van der Waals surface area contributed by atoms with Gasteiger partial charge in [-0.05, 0) is 30.0 Å². The first-order valence-electron chi connectivity index (χ1n) is 10.2. The van der Waals surface area contributed by atoms with Crippen LogP contribution in [0.1, 0.15) is 17.9 Å². The van der Waals surface area contributed by atoms with Crippen LogP contribution in [0.25, 0.3) is 11.0 Å². The van der Waals surface area contributed by atoms with Gasteiger partial charge in [0.25, 0.3) is 0 Å². The van der Waals surface area contributed by atoms with Crippen molar-refractivity contribution in [2.45, 2.75) is 18.9 Å². The van der Waals surface area contributed by atoms with Gasteiger partial charge in [0, 0.05) is 32.1 Å². The summed E-state index contributed by atoms with van der Waals surface area (Å²) < 4.78 is 1.89. The summed E-state index contributed by atoms with van der Waals surface area (Å²) in [6.07, 6.45) is 2.66. The maximum Gasteiger partial charge on any atom is 0.242 e. The molecule has 6 nitrogen and oxygen atoms in total. The molecule has 2 aromatic carbocycles. The van der Waals surface area contributed by atoms with Crippen molar-refractivity contribution < 1.29 is 9.59 Å². The number of benzene rings is 2. The summed E-state index contributed by atoms with van der Waals surface area (Å²) >= 11 is 0. The Balaban J connectivity index is 1.15. The number of carbonyl (C=O) groups is 2. The second kappa shape index (κ2) is 7.35. The van der Waals surface area contributed by atoms with Gasteiger partial charge in [0.2, 0.25) is 11.8 Å². The number of fused-ring (bicyclic) bond motifs is 1. The number of para-hydroxylation sites is 2. The lowest BCUT2D eigenvalue weighted by Gasteiger charge is -2.35. The molecule has 1 aliphatic heterocycles. The maximum atomic E-state index is 12.8. The number of amides is 2. The fourth-order valence-electron chi connectivity index (χ4n) is 4.33. The molecule has 2 atom stereocenters. The predicted molar refractivity (Wildman–Crippen MR) is 110 cm³/mol. The highest BCUT2D eigenvalue weighted by Crippen LogP contribution is 2.48. The molecule has 2 heterocycles. The van der Waals surface area contributed by atoms with Crippen molar-refractivity contribution in [3.8, 4) is 0 Å². The molecule has 2 amide bonds. The molecule has 3 aromatic rings. The standard InChI is InChI=1S/C23H24N4O2/c28-22(15-27-16-24-20-8-4-5-9-21(20)27)25-10-12-26(13-11-25)23(29)19-14-18(19)17-6-2-1-3-7-17/h1-9,16,18-19H,10-15H2/t18-,19-/m0/s1. The number of nitrogens with zero attached hydrogens (tertiary/aromatic N) is 4. The Bertz CT molecular complexity index is 1040. The molecule has 2 fully saturated rings. The average Bonchev–Trinajstić information content (AvgIpc) is 3.49. The van der Waals surface area contributed by atoms with Crippen molar-refractivity contribution in [1.29, 1.82) is 0 Å². The van der Waals surface area contributed by atoms with Gasteiger partial charge in [-0.2, -0.15) is 0 Å².